The van der Waals surface area contributed by atoms with Gasteiger partial charge in [0.1, 0.15) is 5.82 Å². The first-order chi connectivity index (χ1) is 7.24. The molecule has 1 heterocycles. The third-order valence-electron chi connectivity index (χ3n) is 3.05. The molecule has 16 heavy (non-hydrogen) atoms. The number of alkyl halides is 1. The fourth-order valence-corrected chi connectivity index (χ4v) is 1.88. The monoisotopic (exact) mass is 225 g/mol. The molecular formula is C12H20FN3. The van der Waals surface area contributed by atoms with Gasteiger partial charge in [0, 0.05) is 23.7 Å². The van der Waals surface area contributed by atoms with E-state index in [-0.39, 0.29) is 12.4 Å². The molecule has 1 aromatic rings. The summed E-state index contributed by atoms with van der Waals surface area (Å²) in [7, 11) is 0. The number of nitrogens with two attached hydrogens (primary N) is 2. The predicted octanol–water partition coefficient (Wildman–Crippen LogP) is 2.14. The van der Waals surface area contributed by atoms with Crippen LogP contribution in [0.5, 0.6) is 0 Å². The Balaban J connectivity index is 3.46. The summed E-state index contributed by atoms with van der Waals surface area (Å²) < 4.78 is 15.0. The zero-order valence-corrected chi connectivity index (χ0v) is 10.3. The molecular weight excluding hydrogens is 205 g/mol. The second-order valence-electron chi connectivity index (χ2n) is 5.14. The smallest absolute Gasteiger partial charge is 0.156 e. The topological polar surface area (TPSA) is 64.9 Å². The van der Waals surface area contributed by atoms with Crippen LogP contribution in [0.4, 0.5) is 10.2 Å². The standard InChI is InChI=1S/C12H20FN3/c1-8-5-6-16-10(15)9(8)12(13,7-14)11(2,3)4/h5-6H,7,14H2,1-4H3,(H2,15,16). The Kier molecular flexibility index (Phi) is 3.24. The van der Waals surface area contributed by atoms with E-state index in [2.05, 4.69) is 4.98 Å². The van der Waals surface area contributed by atoms with Crippen molar-refractivity contribution in [3.63, 3.8) is 0 Å². The van der Waals surface area contributed by atoms with E-state index in [1.165, 1.54) is 0 Å². The lowest BCUT2D eigenvalue weighted by Crippen LogP contribution is -2.43. The molecule has 0 aliphatic carbocycles. The van der Waals surface area contributed by atoms with Gasteiger partial charge in [-0.25, -0.2) is 9.37 Å². The van der Waals surface area contributed by atoms with Crippen molar-refractivity contribution < 1.29 is 4.39 Å². The van der Waals surface area contributed by atoms with Gasteiger partial charge in [-0.05, 0) is 18.6 Å². The number of aryl methyl sites for hydroxylation is 1. The number of rotatable bonds is 2. The molecule has 0 radical (unpaired) electrons. The SMILES string of the molecule is Cc1ccnc(N)c1C(F)(CN)C(C)(C)C. The van der Waals surface area contributed by atoms with Crippen molar-refractivity contribution in [1.29, 1.82) is 0 Å². The van der Waals surface area contributed by atoms with Crippen molar-refractivity contribution in [3.8, 4) is 0 Å². The summed E-state index contributed by atoms with van der Waals surface area (Å²) in [5, 5.41) is 0. The molecule has 0 saturated carbocycles. The van der Waals surface area contributed by atoms with E-state index in [0.717, 1.165) is 5.56 Å². The molecule has 0 fully saturated rings. The number of halogens is 1. The third kappa shape index (κ3) is 1.89. The van der Waals surface area contributed by atoms with Crippen molar-refractivity contribution in [2.45, 2.75) is 33.4 Å². The maximum absolute atomic E-state index is 15.0. The predicted molar refractivity (Wildman–Crippen MR) is 64.7 cm³/mol. The summed E-state index contributed by atoms with van der Waals surface area (Å²) in [6, 6.07) is 1.75. The molecule has 0 bridgehead atoms. The number of nitrogens with zero attached hydrogens (tertiary/aromatic N) is 1. The highest BCUT2D eigenvalue weighted by Crippen LogP contribution is 2.45. The molecule has 0 saturated heterocycles. The molecule has 1 rings (SSSR count). The van der Waals surface area contributed by atoms with Gasteiger partial charge in [-0.15, -0.1) is 0 Å². The minimum Gasteiger partial charge on any atom is -0.383 e. The summed E-state index contributed by atoms with van der Waals surface area (Å²) in [5.74, 6) is 0.225. The highest BCUT2D eigenvalue weighted by molar-refractivity contribution is 5.49. The van der Waals surface area contributed by atoms with Gasteiger partial charge in [0.15, 0.2) is 5.67 Å². The molecule has 0 aromatic carbocycles. The zero-order valence-electron chi connectivity index (χ0n) is 10.3. The minimum absolute atomic E-state index is 0.104. The van der Waals surface area contributed by atoms with Crippen LogP contribution in [-0.4, -0.2) is 11.5 Å². The number of aromatic nitrogens is 1. The lowest BCUT2D eigenvalue weighted by Gasteiger charge is -2.38. The number of hydrogen-bond acceptors (Lipinski definition) is 3. The van der Waals surface area contributed by atoms with Gasteiger partial charge in [0.05, 0.1) is 0 Å². The normalized spacial score (nSPS) is 15.9. The molecule has 1 aromatic heterocycles. The minimum atomic E-state index is -1.66. The van der Waals surface area contributed by atoms with Crippen molar-refractivity contribution >= 4 is 5.82 Å². The molecule has 1 atom stereocenters. The van der Waals surface area contributed by atoms with Crippen LogP contribution in [0.2, 0.25) is 0 Å². The van der Waals surface area contributed by atoms with E-state index in [1.54, 1.807) is 12.3 Å². The quantitative estimate of drug-likeness (QED) is 0.810. The van der Waals surface area contributed by atoms with E-state index >= 15 is 4.39 Å². The van der Waals surface area contributed by atoms with Crippen LogP contribution in [0.25, 0.3) is 0 Å². The fourth-order valence-electron chi connectivity index (χ4n) is 1.88. The highest BCUT2D eigenvalue weighted by Gasteiger charge is 2.45. The van der Waals surface area contributed by atoms with Crippen LogP contribution in [0.15, 0.2) is 12.3 Å². The van der Waals surface area contributed by atoms with Crippen LogP contribution in [0, 0.1) is 12.3 Å². The van der Waals surface area contributed by atoms with Gasteiger partial charge in [-0.1, -0.05) is 20.8 Å². The van der Waals surface area contributed by atoms with Crippen molar-refractivity contribution in [2.24, 2.45) is 11.1 Å². The summed E-state index contributed by atoms with van der Waals surface area (Å²) in [6.07, 6.45) is 1.58. The second-order valence-corrected chi connectivity index (χ2v) is 5.14. The van der Waals surface area contributed by atoms with E-state index in [4.69, 9.17) is 11.5 Å². The van der Waals surface area contributed by atoms with Crippen LogP contribution < -0.4 is 11.5 Å². The second kappa shape index (κ2) is 4.01. The number of anilines is 1. The zero-order chi connectivity index (χ0) is 12.6. The van der Waals surface area contributed by atoms with Gasteiger partial charge in [-0.2, -0.15) is 0 Å². The molecule has 0 spiro atoms. The Morgan fingerprint density at radius 1 is 1.38 bits per heavy atom. The van der Waals surface area contributed by atoms with Gasteiger partial charge >= 0.3 is 0 Å². The largest absolute Gasteiger partial charge is 0.383 e. The van der Waals surface area contributed by atoms with Gasteiger partial charge < -0.3 is 11.5 Å². The molecule has 3 nitrogen and oxygen atoms in total. The maximum atomic E-state index is 15.0. The molecule has 4 N–H and O–H groups in total. The van der Waals surface area contributed by atoms with Crippen molar-refractivity contribution in [1.82, 2.24) is 4.98 Å². The summed E-state index contributed by atoms with van der Waals surface area (Å²) in [4.78, 5) is 3.95. The Hall–Kier alpha value is -1.16. The van der Waals surface area contributed by atoms with Gasteiger partial charge in [-0.3, -0.25) is 0 Å². The maximum Gasteiger partial charge on any atom is 0.156 e. The highest BCUT2D eigenvalue weighted by atomic mass is 19.1. The Labute approximate surface area is 96.1 Å². The Morgan fingerprint density at radius 2 is 1.94 bits per heavy atom. The number of pyridine rings is 1. The van der Waals surface area contributed by atoms with Crippen LogP contribution in [0.3, 0.4) is 0 Å². The Bertz CT molecular complexity index is 364. The number of nitrogen functional groups attached to an aromatic ring is 1. The third-order valence-corrected chi connectivity index (χ3v) is 3.05. The molecule has 90 valence electrons. The van der Waals surface area contributed by atoms with Gasteiger partial charge in [0.2, 0.25) is 0 Å². The van der Waals surface area contributed by atoms with E-state index in [9.17, 15) is 0 Å². The first-order valence-corrected chi connectivity index (χ1v) is 5.34. The average Bonchev–Trinajstić information content (AvgIpc) is 2.15. The van der Waals surface area contributed by atoms with E-state index in [0.29, 0.717) is 5.56 Å². The lowest BCUT2D eigenvalue weighted by molar-refractivity contribution is 0.0341. The van der Waals surface area contributed by atoms with Crippen LogP contribution in [0.1, 0.15) is 31.9 Å². The number of hydrogen-bond donors (Lipinski definition) is 2. The molecule has 0 aliphatic rings. The first-order valence-electron chi connectivity index (χ1n) is 5.34. The van der Waals surface area contributed by atoms with Gasteiger partial charge in [0.25, 0.3) is 0 Å². The first kappa shape index (κ1) is 12.9. The molecule has 0 amide bonds. The van der Waals surface area contributed by atoms with Crippen molar-refractivity contribution in [2.75, 3.05) is 12.3 Å². The molecule has 4 heteroatoms. The lowest BCUT2D eigenvalue weighted by atomic mass is 9.72. The molecule has 0 aliphatic heterocycles. The fraction of sp³-hybridized carbons (Fsp3) is 0.583. The Morgan fingerprint density at radius 3 is 2.31 bits per heavy atom. The average molecular weight is 225 g/mol. The summed E-state index contributed by atoms with van der Waals surface area (Å²) >= 11 is 0. The van der Waals surface area contributed by atoms with Crippen LogP contribution in [-0.2, 0) is 5.67 Å². The summed E-state index contributed by atoms with van der Waals surface area (Å²) in [5.41, 5.74) is 10.3. The van der Waals surface area contributed by atoms with E-state index < -0.39 is 11.1 Å². The summed E-state index contributed by atoms with van der Waals surface area (Å²) in [6.45, 7) is 7.15. The van der Waals surface area contributed by atoms with Crippen molar-refractivity contribution in [3.05, 3.63) is 23.4 Å². The van der Waals surface area contributed by atoms with E-state index in [1.807, 2.05) is 27.7 Å². The molecule has 1 unspecified atom stereocenters. The van der Waals surface area contributed by atoms with Crippen LogP contribution >= 0.6 is 0 Å².